The highest BCUT2D eigenvalue weighted by atomic mass is 19.4. The molecular weight excluding hydrogens is 331 g/mol. The third-order valence-electron chi connectivity index (χ3n) is 4.28. The quantitative estimate of drug-likeness (QED) is 0.916. The van der Waals surface area contributed by atoms with Crippen molar-refractivity contribution >= 4 is 5.95 Å². The van der Waals surface area contributed by atoms with Crippen molar-refractivity contribution in [1.82, 2.24) is 19.9 Å². The summed E-state index contributed by atoms with van der Waals surface area (Å²) in [5.41, 5.74) is 1.24. The van der Waals surface area contributed by atoms with Crippen LogP contribution in [0, 0.1) is 6.92 Å². The Balaban J connectivity index is 1.63. The van der Waals surface area contributed by atoms with Crippen LogP contribution in [0.1, 0.15) is 29.8 Å². The van der Waals surface area contributed by atoms with E-state index in [2.05, 4.69) is 25.2 Å². The summed E-state index contributed by atoms with van der Waals surface area (Å²) in [6, 6.07) is 4.83. The van der Waals surface area contributed by atoms with E-state index in [1.807, 2.05) is 19.1 Å². The van der Waals surface area contributed by atoms with E-state index in [0.29, 0.717) is 0 Å². The lowest BCUT2D eigenvalue weighted by Gasteiger charge is -2.33. The molecule has 1 atom stereocenters. The molecule has 1 aliphatic rings. The molecule has 3 heterocycles. The van der Waals surface area contributed by atoms with Crippen LogP contribution >= 0.6 is 0 Å². The molecule has 0 spiro atoms. The number of pyridine rings is 1. The highest BCUT2D eigenvalue weighted by Gasteiger charge is 2.33. The van der Waals surface area contributed by atoms with E-state index in [-0.39, 0.29) is 12.0 Å². The average molecular weight is 351 g/mol. The zero-order valence-electron chi connectivity index (χ0n) is 13.9. The van der Waals surface area contributed by atoms with E-state index < -0.39 is 11.9 Å². The van der Waals surface area contributed by atoms with Crippen LogP contribution in [-0.2, 0) is 12.7 Å². The summed E-state index contributed by atoms with van der Waals surface area (Å²) >= 11 is 0. The number of nitrogens with zero attached hydrogens (tertiary/aromatic N) is 4. The Hall–Kier alpha value is -2.22. The van der Waals surface area contributed by atoms with Gasteiger partial charge >= 0.3 is 6.18 Å². The van der Waals surface area contributed by atoms with Crippen LogP contribution in [0.2, 0.25) is 0 Å². The van der Waals surface area contributed by atoms with Gasteiger partial charge in [0.25, 0.3) is 0 Å². The number of hydrogen-bond acceptors (Lipinski definition) is 5. The Kier molecular flexibility index (Phi) is 5.17. The summed E-state index contributed by atoms with van der Waals surface area (Å²) in [4.78, 5) is 14.2. The van der Waals surface area contributed by atoms with Crippen LogP contribution in [0.15, 0.2) is 30.6 Å². The average Bonchev–Trinajstić information content (AvgIpc) is 2.57. The Morgan fingerprint density at radius 1 is 1.24 bits per heavy atom. The maximum absolute atomic E-state index is 12.8. The minimum Gasteiger partial charge on any atom is -0.350 e. The second-order valence-corrected chi connectivity index (χ2v) is 6.25. The number of aryl methyl sites for hydroxylation is 1. The van der Waals surface area contributed by atoms with Crippen molar-refractivity contribution in [2.24, 2.45) is 0 Å². The molecule has 1 unspecified atom stereocenters. The van der Waals surface area contributed by atoms with Crippen molar-refractivity contribution in [3.05, 3.63) is 47.5 Å². The molecule has 2 aromatic heterocycles. The summed E-state index contributed by atoms with van der Waals surface area (Å²) in [6.45, 7) is 4.42. The van der Waals surface area contributed by atoms with Gasteiger partial charge in [0.2, 0.25) is 5.95 Å². The minimum atomic E-state index is -4.46. The van der Waals surface area contributed by atoms with Gasteiger partial charge in [-0.05, 0) is 44.0 Å². The van der Waals surface area contributed by atoms with Crippen LogP contribution in [0.5, 0.6) is 0 Å². The first kappa shape index (κ1) is 17.6. The first-order chi connectivity index (χ1) is 11.9. The van der Waals surface area contributed by atoms with Gasteiger partial charge in [-0.1, -0.05) is 6.07 Å². The van der Waals surface area contributed by atoms with E-state index in [0.717, 1.165) is 56.0 Å². The number of aromatic nitrogens is 3. The molecule has 2 aromatic rings. The van der Waals surface area contributed by atoms with Crippen LogP contribution in [-0.4, -0.2) is 39.0 Å². The molecule has 0 radical (unpaired) electrons. The first-order valence-corrected chi connectivity index (χ1v) is 8.21. The summed E-state index contributed by atoms with van der Waals surface area (Å²) in [6.07, 6.45) is 0.281. The van der Waals surface area contributed by atoms with Gasteiger partial charge in [0.15, 0.2) is 0 Å². The second kappa shape index (κ2) is 7.35. The maximum Gasteiger partial charge on any atom is 0.433 e. The molecular formula is C17H20F3N5. The third kappa shape index (κ3) is 4.66. The van der Waals surface area contributed by atoms with E-state index in [9.17, 15) is 13.2 Å². The predicted molar refractivity (Wildman–Crippen MR) is 87.9 cm³/mol. The van der Waals surface area contributed by atoms with Crippen molar-refractivity contribution < 1.29 is 13.2 Å². The SMILES string of the molecule is Cc1cccnc1CN1CCCC(Nc2nccc(C(F)(F)F)n2)C1. The Bertz CT molecular complexity index is 719. The van der Waals surface area contributed by atoms with E-state index in [1.54, 1.807) is 6.20 Å². The molecule has 5 nitrogen and oxygen atoms in total. The van der Waals surface area contributed by atoms with Crippen molar-refractivity contribution in [1.29, 1.82) is 0 Å². The number of likely N-dealkylation sites (tertiary alicyclic amines) is 1. The van der Waals surface area contributed by atoms with Gasteiger partial charge in [0, 0.05) is 31.5 Å². The molecule has 0 aliphatic carbocycles. The number of piperidine rings is 1. The van der Waals surface area contributed by atoms with Crippen molar-refractivity contribution in [2.45, 2.75) is 38.5 Å². The Labute approximate surface area is 144 Å². The number of alkyl halides is 3. The molecule has 1 fully saturated rings. The highest BCUT2D eigenvalue weighted by Crippen LogP contribution is 2.27. The highest BCUT2D eigenvalue weighted by molar-refractivity contribution is 5.28. The van der Waals surface area contributed by atoms with Gasteiger partial charge in [-0.15, -0.1) is 0 Å². The standard InChI is InChI=1S/C17H20F3N5/c1-12-4-2-7-21-14(12)11-25-9-3-5-13(10-25)23-16-22-8-6-15(24-16)17(18,19)20/h2,4,6-8,13H,3,5,9-11H2,1H3,(H,22,23,24). The molecule has 1 aliphatic heterocycles. The summed E-state index contributed by atoms with van der Waals surface area (Å²) < 4.78 is 38.3. The van der Waals surface area contributed by atoms with E-state index in [4.69, 9.17) is 0 Å². The van der Waals surface area contributed by atoms with Gasteiger partial charge in [-0.25, -0.2) is 9.97 Å². The number of nitrogens with one attached hydrogen (secondary N) is 1. The summed E-state index contributed by atoms with van der Waals surface area (Å²) in [7, 11) is 0. The zero-order valence-corrected chi connectivity index (χ0v) is 13.9. The van der Waals surface area contributed by atoms with Crippen LogP contribution in [0.4, 0.5) is 19.1 Å². The molecule has 3 rings (SSSR count). The summed E-state index contributed by atoms with van der Waals surface area (Å²) in [5.74, 6) is 0.0238. The topological polar surface area (TPSA) is 53.9 Å². The van der Waals surface area contributed by atoms with Crippen LogP contribution in [0.3, 0.4) is 0 Å². The molecule has 0 aromatic carbocycles. The second-order valence-electron chi connectivity index (χ2n) is 6.25. The van der Waals surface area contributed by atoms with Crippen molar-refractivity contribution in [2.75, 3.05) is 18.4 Å². The maximum atomic E-state index is 12.8. The largest absolute Gasteiger partial charge is 0.433 e. The monoisotopic (exact) mass is 351 g/mol. The van der Waals surface area contributed by atoms with Gasteiger partial charge in [-0.2, -0.15) is 13.2 Å². The normalized spacial score (nSPS) is 19.0. The molecule has 0 bridgehead atoms. The lowest BCUT2D eigenvalue weighted by molar-refractivity contribution is -0.141. The van der Waals surface area contributed by atoms with Gasteiger partial charge in [0.05, 0.1) is 5.69 Å². The fourth-order valence-corrected chi connectivity index (χ4v) is 2.98. The predicted octanol–water partition coefficient (Wildman–Crippen LogP) is 3.28. The van der Waals surface area contributed by atoms with E-state index in [1.165, 1.54) is 0 Å². The molecule has 0 saturated carbocycles. The minimum absolute atomic E-state index is 0.0150. The van der Waals surface area contributed by atoms with Gasteiger partial charge in [0.1, 0.15) is 5.69 Å². The molecule has 134 valence electrons. The van der Waals surface area contributed by atoms with E-state index >= 15 is 0 Å². The first-order valence-electron chi connectivity index (χ1n) is 8.21. The lowest BCUT2D eigenvalue weighted by Crippen LogP contribution is -2.42. The Morgan fingerprint density at radius 3 is 2.84 bits per heavy atom. The number of hydrogen-bond donors (Lipinski definition) is 1. The number of anilines is 1. The fraction of sp³-hybridized carbons (Fsp3) is 0.471. The molecule has 25 heavy (non-hydrogen) atoms. The smallest absolute Gasteiger partial charge is 0.350 e. The number of rotatable bonds is 4. The van der Waals surface area contributed by atoms with Crippen molar-refractivity contribution in [3.8, 4) is 0 Å². The molecule has 1 saturated heterocycles. The third-order valence-corrected chi connectivity index (χ3v) is 4.28. The molecule has 1 N–H and O–H groups in total. The molecule has 8 heteroatoms. The fourth-order valence-electron chi connectivity index (χ4n) is 2.98. The Morgan fingerprint density at radius 2 is 2.08 bits per heavy atom. The lowest BCUT2D eigenvalue weighted by atomic mass is 10.1. The molecule has 0 amide bonds. The van der Waals surface area contributed by atoms with Gasteiger partial charge < -0.3 is 5.32 Å². The number of halogens is 3. The summed E-state index contributed by atoms with van der Waals surface area (Å²) in [5, 5.41) is 3.04. The van der Waals surface area contributed by atoms with Crippen LogP contribution in [0.25, 0.3) is 0 Å². The van der Waals surface area contributed by atoms with Crippen molar-refractivity contribution in [3.63, 3.8) is 0 Å². The van der Waals surface area contributed by atoms with Crippen LogP contribution < -0.4 is 5.32 Å². The van der Waals surface area contributed by atoms with Gasteiger partial charge in [-0.3, -0.25) is 9.88 Å². The zero-order chi connectivity index (χ0) is 17.9.